The third kappa shape index (κ3) is 2.20. The molecule has 16 heavy (non-hydrogen) atoms. The minimum Gasteiger partial charge on any atom is -0.388 e. The van der Waals surface area contributed by atoms with Crippen molar-refractivity contribution in [3.05, 3.63) is 28.8 Å². The molecule has 1 saturated heterocycles. The van der Waals surface area contributed by atoms with Gasteiger partial charge in [0.25, 0.3) is 0 Å². The summed E-state index contributed by atoms with van der Waals surface area (Å²) in [6.45, 7) is 3.08. The summed E-state index contributed by atoms with van der Waals surface area (Å²) in [7, 11) is 0. The van der Waals surface area contributed by atoms with Crippen molar-refractivity contribution in [3.63, 3.8) is 0 Å². The van der Waals surface area contributed by atoms with Crippen molar-refractivity contribution in [2.24, 2.45) is 0 Å². The van der Waals surface area contributed by atoms with Crippen molar-refractivity contribution >= 4 is 23.6 Å². The predicted molar refractivity (Wildman–Crippen MR) is 64.3 cm³/mol. The van der Waals surface area contributed by atoms with E-state index in [9.17, 15) is 9.90 Å². The number of carbonyl (C=O) groups excluding carboxylic acids is 1. The lowest BCUT2D eigenvalue weighted by molar-refractivity contribution is 0.0839. The zero-order valence-electron chi connectivity index (χ0n) is 9.11. The fourth-order valence-corrected chi connectivity index (χ4v) is 2.21. The molecule has 1 atom stereocenters. The molecule has 1 aromatic rings. The van der Waals surface area contributed by atoms with Gasteiger partial charge in [-0.2, -0.15) is 0 Å². The van der Waals surface area contributed by atoms with Gasteiger partial charge >= 0.3 is 0 Å². The molecule has 2 rings (SSSR count). The maximum Gasteiger partial charge on any atom is 0.152 e. The first-order valence-electron chi connectivity index (χ1n) is 5.24. The van der Waals surface area contributed by atoms with Crippen LogP contribution in [-0.2, 0) is 0 Å². The number of aliphatic hydroxyl groups is 1. The number of halogens is 1. The first-order chi connectivity index (χ1) is 7.52. The summed E-state index contributed by atoms with van der Waals surface area (Å²) in [4.78, 5) is 12.9. The summed E-state index contributed by atoms with van der Waals surface area (Å²) in [5, 5.41) is 10.5. The van der Waals surface area contributed by atoms with E-state index in [-0.39, 0.29) is 0 Å². The van der Waals surface area contributed by atoms with Crippen LogP contribution in [0.1, 0.15) is 23.7 Å². The second-order valence-electron chi connectivity index (χ2n) is 4.49. The van der Waals surface area contributed by atoms with E-state index < -0.39 is 5.60 Å². The highest BCUT2D eigenvalue weighted by Crippen LogP contribution is 2.30. The second-order valence-corrected chi connectivity index (χ2v) is 4.93. The summed E-state index contributed by atoms with van der Waals surface area (Å²) in [5.74, 6) is 0. The molecule has 0 bridgehead atoms. The van der Waals surface area contributed by atoms with Crippen LogP contribution < -0.4 is 4.90 Å². The van der Waals surface area contributed by atoms with Gasteiger partial charge in [-0.15, -0.1) is 0 Å². The molecule has 1 aromatic carbocycles. The van der Waals surface area contributed by atoms with Crippen molar-refractivity contribution in [1.82, 2.24) is 0 Å². The summed E-state index contributed by atoms with van der Waals surface area (Å²) in [5.41, 5.74) is 0.741. The van der Waals surface area contributed by atoms with E-state index >= 15 is 0 Å². The van der Waals surface area contributed by atoms with Crippen molar-refractivity contribution in [2.75, 3.05) is 18.0 Å². The van der Waals surface area contributed by atoms with Gasteiger partial charge in [-0.3, -0.25) is 4.79 Å². The average molecular weight is 240 g/mol. The van der Waals surface area contributed by atoms with Crippen LogP contribution in [-0.4, -0.2) is 30.1 Å². The highest BCUT2D eigenvalue weighted by Gasteiger charge is 2.32. The predicted octanol–water partition coefficient (Wildman–Crippen LogP) is 2.11. The molecule has 0 radical (unpaired) electrons. The van der Waals surface area contributed by atoms with Crippen LogP contribution >= 0.6 is 11.6 Å². The van der Waals surface area contributed by atoms with Gasteiger partial charge in [0.2, 0.25) is 0 Å². The zero-order valence-corrected chi connectivity index (χ0v) is 9.87. The number of hydrogen-bond acceptors (Lipinski definition) is 3. The minimum atomic E-state index is -0.678. The van der Waals surface area contributed by atoms with Gasteiger partial charge in [-0.1, -0.05) is 11.6 Å². The Morgan fingerprint density at radius 3 is 2.88 bits per heavy atom. The maximum absolute atomic E-state index is 10.9. The largest absolute Gasteiger partial charge is 0.388 e. The molecule has 0 aliphatic carbocycles. The third-order valence-electron chi connectivity index (χ3n) is 2.91. The lowest BCUT2D eigenvalue weighted by Gasteiger charge is -2.22. The fourth-order valence-electron chi connectivity index (χ4n) is 2.04. The van der Waals surface area contributed by atoms with E-state index in [1.165, 1.54) is 0 Å². The highest BCUT2D eigenvalue weighted by atomic mass is 35.5. The standard InChI is InChI=1S/C12H14ClNO2/c1-12(16)4-5-14(8-12)11-6-10(13)3-2-9(11)7-15/h2-3,6-7,16H,4-5,8H2,1H3. The first-order valence-corrected chi connectivity index (χ1v) is 5.62. The summed E-state index contributed by atoms with van der Waals surface area (Å²) >= 11 is 5.92. The number of nitrogens with zero attached hydrogens (tertiary/aromatic N) is 1. The van der Waals surface area contributed by atoms with Gasteiger partial charge < -0.3 is 10.0 Å². The molecule has 1 unspecified atom stereocenters. The first kappa shape index (κ1) is 11.4. The Balaban J connectivity index is 2.33. The zero-order chi connectivity index (χ0) is 11.8. The summed E-state index contributed by atoms with van der Waals surface area (Å²) in [6.07, 6.45) is 1.52. The lowest BCUT2D eigenvalue weighted by Crippen LogP contribution is -2.30. The van der Waals surface area contributed by atoms with E-state index in [2.05, 4.69) is 0 Å². The molecule has 0 spiro atoms. The topological polar surface area (TPSA) is 40.5 Å². The van der Waals surface area contributed by atoms with Crippen molar-refractivity contribution in [1.29, 1.82) is 0 Å². The molecular weight excluding hydrogens is 226 g/mol. The Bertz CT molecular complexity index is 417. The van der Waals surface area contributed by atoms with Crippen LogP contribution in [0, 0.1) is 0 Å². The Morgan fingerprint density at radius 2 is 2.31 bits per heavy atom. The fraction of sp³-hybridized carbons (Fsp3) is 0.417. The van der Waals surface area contributed by atoms with Gasteiger partial charge in [-0.25, -0.2) is 0 Å². The number of aldehydes is 1. The van der Waals surface area contributed by atoms with Gasteiger partial charge in [-0.05, 0) is 31.5 Å². The summed E-state index contributed by atoms with van der Waals surface area (Å²) in [6, 6.07) is 5.17. The Kier molecular flexibility index (Phi) is 2.91. The Hall–Kier alpha value is -1.06. The van der Waals surface area contributed by atoms with Crippen LogP contribution in [0.15, 0.2) is 18.2 Å². The molecular formula is C12H14ClNO2. The smallest absolute Gasteiger partial charge is 0.152 e. The monoisotopic (exact) mass is 239 g/mol. The molecule has 0 aromatic heterocycles. The van der Waals surface area contributed by atoms with Crippen molar-refractivity contribution in [2.45, 2.75) is 18.9 Å². The number of anilines is 1. The molecule has 1 heterocycles. The summed E-state index contributed by atoms with van der Waals surface area (Å²) < 4.78 is 0. The number of benzene rings is 1. The SMILES string of the molecule is CC1(O)CCN(c2cc(Cl)ccc2C=O)C1. The molecule has 1 aliphatic heterocycles. The quantitative estimate of drug-likeness (QED) is 0.804. The Morgan fingerprint density at radius 1 is 1.56 bits per heavy atom. The number of carbonyl (C=O) groups is 1. The molecule has 0 amide bonds. The van der Waals surface area contributed by atoms with E-state index in [4.69, 9.17) is 11.6 Å². The molecule has 1 N–H and O–H groups in total. The maximum atomic E-state index is 10.9. The van der Waals surface area contributed by atoms with Gasteiger partial charge in [0.05, 0.1) is 5.60 Å². The van der Waals surface area contributed by atoms with Gasteiger partial charge in [0.1, 0.15) is 0 Å². The van der Waals surface area contributed by atoms with Gasteiger partial charge in [0.15, 0.2) is 6.29 Å². The molecule has 1 fully saturated rings. The van der Waals surface area contributed by atoms with E-state index in [0.717, 1.165) is 18.5 Å². The molecule has 4 heteroatoms. The molecule has 86 valence electrons. The molecule has 1 aliphatic rings. The van der Waals surface area contributed by atoms with Crippen LogP contribution in [0.2, 0.25) is 5.02 Å². The lowest BCUT2D eigenvalue weighted by atomic mass is 10.1. The Labute approximate surface area is 99.6 Å². The molecule has 0 saturated carbocycles. The number of rotatable bonds is 2. The molecule has 3 nitrogen and oxygen atoms in total. The van der Waals surface area contributed by atoms with Gasteiger partial charge in [0, 0.05) is 29.4 Å². The van der Waals surface area contributed by atoms with Crippen molar-refractivity contribution < 1.29 is 9.90 Å². The van der Waals surface area contributed by atoms with Crippen LogP contribution in [0.4, 0.5) is 5.69 Å². The average Bonchev–Trinajstić information content (AvgIpc) is 2.59. The highest BCUT2D eigenvalue weighted by molar-refractivity contribution is 6.31. The van der Waals surface area contributed by atoms with Crippen LogP contribution in [0.5, 0.6) is 0 Å². The third-order valence-corrected chi connectivity index (χ3v) is 3.15. The van der Waals surface area contributed by atoms with Crippen molar-refractivity contribution in [3.8, 4) is 0 Å². The number of β-amino-alcohol motifs (C(OH)–C–C–N with tert-alkyl or cyclic N) is 1. The van der Waals surface area contributed by atoms with E-state index in [0.29, 0.717) is 23.6 Å². The normalized spacial score (nSPS) is 24.8. The van der Waals surface area contributed by atoms with E-state index in [1.807, 2.05) is 4.90 Å². The van der Waals surface area contributed by atoms with E-state index in [1.54, 1.807) is 25.1 Å². The minimum absolute atomic E-state index is 0.536. The van der Waals surface area contributed by atoms with Crippen LogP contribution in [0.3, 0.4) is 0 Å². The number of hydrogen-bond donors (Lipinski definition) is 1. The second kappa shape index (κ2) is 4.07. The van der Waals surface area contributed by atoms with Crippen LogP contribution in [0.25, 0.3) is 0 Å².